The monoisotopic (exact) mass is 421 g/mol. The van der Waals surface area contributed by atoms with Crippen molar-refractivity contribution in [3.8, 4) is 5.69 Å². The quantitative estimate of drug-likeness (QED) is 0.511. The number of nitrogens with one attached hydrogen (secondary N) is 1. The van der Waals surface area contributed by atoms with E-state index in [-0.39, 0.29) is 22.8 Å². The molecule has 0 atom stereocenters. The Bertz CT molecular complexity index is 1320. The molecule has 1 N–H and O–H groups in total. The van der Waals surface area contributed by atoms with Crippen LogP contribution in [0.2, 0.25) is 0 Å². The zero-order chi connectivity index (χ0) is 21.5. The van der Waals surface area contributed by atoms with Gasteiger partial charge in [-0.15, -0.1) is 10.2 Å². The minimum atomic E-state index is -0.303. The summed E-state index contributed by atoms with van der Waals surface area (Å²) in [5.74, 6) is 0.545. The highest BCUT2D eigenvalue weighted by atomic mass is 32.2. The van der Waals surface area contributed by atoms with Crippen LogP contribution in [0.5, 0.6) is 0 Å². The summed E-state index contributed by atoms with van der Waals surface area (Å²) >= 11 is 1.30. The van der Waals surface area contributed by atoms with Gasteiger partial charge in [0.15, 0.2) is 5.16 Å². The number of thioether (sulfide) groups is 1. The number of para-hydroxylation sites is 2. The highest BCUT2D eigenvalue weighted by molar-refractivity contribution is 7.99. The third-order valence-electron chi connectivity index (χ3n) is 4.60. The third kappa shape index (κ3) is 3.70. The highest BCUT2D eigenvalue weighted by Crippen LogP contribution is 2.24. The van der Waals surface area contributed by atoms with Gasteiger partial charge < -0.3 is 5.32 Å². The number of carbonyl (C=O) groups is 1. The van der Waals surface area contributed by atoms with E-state index >= 15 is 0 Å². The molecule has 0 aliphatic rings. The molecule has 0 saturated carbocycles. The van der Waals surface area contributed by atoms with Crippen LogP contribution in [0.25, 0.3) is 22.4 Å². The van der Waals surface area contributed by atoms with Crippen LogP contribution in [0.15, 0.2) is 58.5 Å². The number of hydrogen-bond donors (Lipinski definition) is 1. The van der Waals surface area contributed by atoms with Gasteiger partial charge in [-0.3, -0.25) is 14.0 Å². The van der Waals surface area contributed by atoms with Crippen molar-refractivity contribution in [3.63, 3.8) is 0 Å². The van der Waals surface area contributed by atoms with E-state index in [1.165, 1.54) is 11.8 Å². The van der Waals surface area contributed by atoms with Crippen molar-refractivity contribution in [3.05, 3.63) is 64.4 Å². The average molecular weight is 422 g/mol. The molecule has 0 saturated heterocycles. The molecule has 0 fully saturated rings. The van der Waals surface area contributed by atoms with Gasteiger partial charge in [-0.25, -0.2) is 4.57 Å². The Morgan fingerprint density at radius 2 is 1.77 bits per heavy atom. The standard InChI is InChI=1S/C22H23N5O2S/c1-14-9-5-7-11-16(14)26-19(29)15-10-6-8-12-17(15)27-20(26)24-25-21(27)30-13-18(28)23-22(2,3)4/h5-12H,13H2,1-4H3,(H,23,28). The SMILES string of the molecule is Cc1ccccc1-n1c(=O)c2ccccc2n2c(SCC(=O)NC(C)(C)C)nnc12. The lowest BCUT2D eigenvalue weighted by Crippen LogP contribution is -2.41. The lowest BCUT2D eigenvalue weighted by molar-refractivity contribution is -0.119. The Kier molecular flexibility index (Phi) is 5.11. The van der Waals surface area contributed by atoms with Crippen molar-refractivity contribution in [2.24, 2.45) is 0 Å². The Hall–Kier alpha value is -3.13. The summed E-state index contributed by atoms with van der Waals surface area (Å²) in [7, 11) is 0. The summed E-state index contributed by atoms with van der Waals surface area (Å²) < 4.78 is 3.43. The van der Waals surface area contributed by atoms with Crippen molar-refractivity contribution < 1.29 is 4.79 Å². The van der Waals surface area contributed by atoms with Gasteiger partial charge >= 0.3 is 0 Å². The van der Waals surface area contributed by atoms with Gasteiger partial charge in [0.05, 0.1) is 22.3 Å². The number of aryl methyl sites for hydroxylation is 1. The summed E-state index contributed by atoms with van der Waals surface area (Å²) in [4.78, 5) is 25.6. The maximum atomic E-state index is 13.3. The van der Waals surface area contributed by atoms with Gasteiger partial charge in [0.1, 0.15) is 0 Å². The fraction of sp³-hybridized carbons (Fsp3) is 0.273. The zero-order valence-corrected chi connectivity index (χ0v) is 18.2. The van der Waals surface area contributed by atoms with Crippen LogP contribution in [0.4, 0.5) is 0 Å². The molecule has 7 nitrogen and oxygen atoms in total. The molecule has 0 bridgehead atoms. The number of aromatic nitrogens is 4. The van der Waals surface area contributed by atoms with E-state index in [0.717, 1.165) is 11.3 Å². The van der Waals surface area contributed by atoms with Gasteiger partial charge in [0, 0.05) is 5.54 Å². The molecule has 8 heteroatoms. The number of hydrogen-bond acceptors (Lipinski definition) is 5. The van der Waals surface area contributed by atoms with Crippen molar-refractivity contribution in [1.82, 2.24) is 24.5 Å². The van der Waals surface area contributed by atoms with Crippen LogP contribution < -0.4 is 10.9 Å². The summed E-state index contributed by atoms with van der Waals surface area (Å²) in [5, 5.41) is 12.7. The van der Waals surface area contributed by atoms with Crippen molar-refractivity contribution in [2.75, 3.05) is 5.75 Å². The molecule has 30 heavy (non-hydrogen) atoms. The van der Waals surface area contributed by atoms with E-state index in [2.05, 4.69) is 15.5 Å². The Morgan fingerprint density at radius 3 is 2.50 bits per heavy atom. The van der Waals surface area contributed by atoms with Crippen LogP contribution >= 0.6 is 11.8 Å². The first kappa shape index (κ1) is 20.2. The minimum absolute atomic E-state index is 0.0826. The first-order valence-corrected chi connectivity index (χ1v) is 10.6. The van der Waals surface area contributed by atoms with Crippen LogP contribution in [-0.4, -0.2) is 36.4 Å². The first-order valence-electron chi connectivity index (χ1n) is 9.65. The number of benzene rings is 2. The average Bonchev–Trinajstić information content (AvgIpc) is 3.10. The molecule has 154 valence electrons. The van der Waals surface area contributed by atoms with E-state index in [4.69, 9.17) is 0 Å². The fourth-order valence-corrected chi connectivity index (χ4v) is 4.13. The number of nitrogens with zero attached hydrogens (tertiary/aromatic N) is 4. The normalized spacial score (nSPS) is 11.9. The van der Waals surface area contributed by atoms with Crippen molar-refractivity contribution in [2.45, 2.75) is 38.4 Å². The van der Waals surface area contributed by atoms with Crippen LogP contribution in [-0.2, 0) is 4.79 Å². The van der Waals surface area contributed by atoms with E-state index < -0.39 is 0 Å². The number of fused-ring (bicyclic) bond motifs is 3. The Balaban J connectivity index is 1.89. The maximum absolute atomic E-state index is 13.3. The topological polar surface area (TPSA) is 81.3 Å². The third-order valence-corrected chi connectivity index (χ3v) is 5.53. The van der Waals surface area contributed by atoms with Gasteiger partial charge in [0.25, 0.3) is 5.56 Å². The maximum Gasteiger partial charge on any atom is 0.267 e. The lowest BCUT2D eigenvalue weighted by Gasteiger charge is -2.20. The van der Waals surface area contributed by atoms with E-state index in [0.29, 0.717) is 21.8 Å². The Morgan fingerprint density at radius 1 is 1.07 bits per heavy atom. The molecule has 2 aromatic heterocycles. The van der Waals surface area contributed by atoms with E-state index in [1.807, 2.05) is 74.6 Å². The zero-order valence-electron chi connectivity index (χ0n) is 17.3. The van der Waals surface area contributed by atoms with Crippen molar-refractivity contribution in [1.29, 1.82) is 0 Å². The molecule has 0 unspecified atom stereocenters. The molecule has 0 aliphatic heterocycles. The molecule has 1 amide bonds. The second-order valence-electron chi connectivity index (χ2n) is 8.15. The smallest absolute Gasteiger partial charge is 0.267 e. The molecule has 2 aromatic carbocycles. The largest absolute Gasteiger partial charge is 0.351 e. The molecule has 4 rings (SSSR count). The van der Waals surface area contributed by atoms with Gasteiger partial charge in [0.2, 0.25) is 11.7 Å². The van der Waals surface area contributed by atoms with Crippen LogP contribution in [0.3, 0.4) is 0 Å². The van der Waals surface area contributed by atoms with Crippen molar-refractivity contribution >= 4 is 34.3 Å². The molecular formula is C22H23N5O2S. The number of amides is 1. The number of carbonyl (C=O) groups excluding carboxylic acids is 1. The second-order valence-corrected chi connectivity index (χ2v) is 9.09. The van der Waals surface area contributed by atoms with Gasteiger partial charge in [-0.05, 0) is 51.5 Å². The molecule has 0 spiro atoms. The molecule has 4 aromatic rings. The summed E-state index contributed by atoms with van der Waals surface area (Å²) in [5.41, 5.74) is 1.97. The summed E-state index contributed by atoms with van der Waals surface area (Å²) in [6, 6.07) is 15.1. The van der Waals surface area contributed by atoms with Crippen LogP contribution in [0, 0.1) is 6.92 Å². The second kappa shape index (κ2) is 7.60. The first-order chi connectivity index (χ1) is 14.3. The van der Waals surface area contributed by atoms with Gasteiger partial charge in [-0.2, -0.15) is 0 Å². The lowest BCUT2D eigenvalue weighted by atomic mass is 10.1. The molecule has 0 aliphatic carbocycles. The highest BCUT2D eigenvalue weighted by Gasteiger charge is 2.20. The minimum Gasteiger partial charge on any atom is -0.351 e. The fourth-order valence-electron chi connectivity index (χ4n) is 3.39. The predicted molar refractivity (Wildman–Crippen MR) is 119 cm³/mol. The van der Waals surface area contributed by atoms with Crippen LogP contribution in [0.1, 0.15) is 26.3 Å². The molecular weight excluding hydrogens is 398 g/mol. The summed E-state index contributed by atoms with van der Waals surface area (Å²) in [6.07, 6.45) is 0. The molecule has 0 radical (unpaired) electrons. The molecule has 2 heterocycles. The summed E-state index contributed by atoms with van der Waals surface area (Å²) in [6.45, 7) is 7.78. The number of rotatable bonds is 4. The predicted octanol–water partition coefficient (Wildman–Crippen LogP) is 3.35. The van der Waals surface area contributed by atoms with E-state index in [1.54, 1.807) is 10.6 Å². The Labute approximate surface area is 178 Å². The van der Waals surface area contributed by atoms with E-state index in [9.17, 15) is 9.59 Å². The van der Waals surface area contributed by atoms with Gasteiger partial charge in [-0.1, -0.05) is 42.1 Å².